The summed E-state index contributed by atoms with van der Waals surface area (Å²) in [5, 5.41) is 3.03. The first kappa shape index (κ1) is 26.9. The second-order valence-electron chi connectivity index (χ2n) is 6.84. The summed E-state index contributed by atoms with van der Waals surface area (Å²) in [6.07, 6.45) is 3.36. The molecule has 28 heavy (non-hydrogen) atoms. The summed E-state index contributed by atoms with van der Waals surface area (Å²) >= 11 is 0. The minimum Gasteiger partial charge on any atom is -0.371 e. The predicted octanol–water partition coefficient (Wildman–Crippen LogP) is 2.06. The Morgan fingerprint density at radius 2 is 1.71 bits per heavy atom. The van der Waals surface area contributed by atoms with Crippen LogP contribution in [0.15, 0.2) is 23.1 Å². The maximum Gasteiger partial charge on any atom is 0.255 e. The number of hydrogen-bond acceptors (Lipinski definition) is 5. The lowest BCUT2D eigenvalue weighted by Gasteiger charge is -2.31. The van der Waals surface area contributed by atoms with Crippen molar-refractivity contribution in [3.05, 3.63) is 23.8 Å². The number of carbonyl (C=O) groups excluding carboxylic acids is 1. The zero-order valence-corrected chi connectivity index (χ0v) is 19.4. The van der Waals surface area contributed by atoms with Gasteiger partial charge in [0.05, 0.1) is 10.5 Å². The normalized spacial score (nSPS) is 14.2. The van der Waals surface area contributed by atoms with E-state index in [4.69, 9.17) is 0 Å². The third kappa shape index (κ3) is 6.22. The standard InChI is InChI=1S/C18H30N4O3S.2ClH/c1-19-10-13-21(4)18(23)16-14-15(26(24,25)20(2)3)8-9-17(16)22-11-6-5-7-12-22;;/h8-9,14,19H,5-7,10-13H2,1-4H3;2*1H. The fraction of sp³-hybridized carbons (Fsp3) is 0.611. The maximum absolute atomic E-state index is 13.0. The molecule has 1 fully saturated rings. The summed E-state index contributed by atoms with van der Waals surface area (Å²) < 4.78 is 26.2. The summed E-state index contributed by atoms with van der Waals surface area (Å²) in [5.41, 5.74) is 1.28. The molecular weight excluding hydrogens is 423 g/mol. The molecule has 10 heteroatoms. The fourth-order valence-electron chi connectivity index (χ4n) is 3.05. The number of halogens is 2. The molecule has 1 aliphatic rings. The van der Waals surface area contributed by atoms with Crippen LogP contribution in [0.4, 0.5) is 5.69 Å². The number of carbonyl (C=O) groups is 1. The van der Waals surface area contributed by atoms with Crippen molar-refractivity contribution in [2.75, 3.05) is 59.3 Å². The van der Waals surface area contributed by atoms with Gasteiger partial charge in [-0.25, -0.2) is 12.7 Å². The van der Waals surface area contributed by atoms with Gasteiger partial charge in [0.2, 0.25) is 10.0 Å². The van der Waals surface area contributed by atoms with E-state index in [0.29, 0.717) is 18.7 Å². The van der Waals surface area contributed by atoms with Crippen molar-refractivity contribution >= 4 is 46.4 Å². The summed E-state index contributed by atoms with van der Waals surface area (Å²) in [5.74, 6) is -0.156. The number of benzene rings is 1. The number of anilines is 1. The van der Waals surface area contributed by atoms with Gasteiger partial charge >= 0.3 is 0 Å². The van der Waals surface area contributed by atoms with Crippen molar-refractivity contribution in [3.63, 3.8) is 0 Å². The van der Waals surface area contributed by atoms with Gasteiger partial charge in [-0.2, -0.15) is 0 Å². The van der Waals surface area contributed by atoms with Crippen LogP contribution in [0.5, 0.6) is 0 Å². The van der Waals surface area contributed by atoms with Crippen LogP contribution in [0, 0.1) is 0 Å². The highest BCUT2D eigenvalue weighted by molar-refractivity contribution is 7.89. The second kappa shape index (κ2) is 11.8. The van der Waals surface area contributed by atoms with Crippen molar-refractivity contribution in [1.82, 2.24) is 14.5 Å². The van der Waals surface area contributed by atoms with Crippen LogP contribution >= 0.6 is 24.8 Å². The molecule has 1 N–H and O–H groups in total. The van der Waals surface area contributed by atoms with E-state index >= 15 is 0 Å². The Morgan fingerprint density at radius 1 is 1.11 bits per heavy atom. The van der Waals surface area contributed by atoms with Crippen molar-refractivity contribution in [3.8, 4) is 0 Å². The van der Waals surface area contributed by atoms with Gasteiger partial charge in [-0.15, -0.1) is 24.8 Å². The summed E-state index contributed by atoms with van der Waals surface area (Å²) in [6.45, 7) is 3.01. The quantitative estimate of drug-likeness (QED) is 0.682. The van der Waals surface area contributed by atoms with E-state index in [0.717, 1.165) is 31.6 Å². The minimum atomic E-state index is -3.59. The Balaban J connectivity index is 0.00000364. The van der Waals surface area contributed by atoms with Crippen LogP contribution in [-0.2, 0) is 10.0 Å². The van der Waals surface area contributed by atoms with Gasteiger partial charge in [0.25, 0.3) is 5.91 Å². The van der Waals surface area contributed by atoms with E-state index in [9.17, 15) is 13.2 Å². The van der Waals surface area contributed by atoms with Crippen LogP contribution in [0.3, 0.4) is 0 Å². The van der Waals surface area contributed by atoms with Crippen LogP contribution in [-0.4, -0.2) is 77.9 Å². The topological polar surface area (TPSA) is 73.0 Å². The van der Waals surface area contributed by atoms with E-state index in [1.54, 1.807) is 24.1 Å². The first-order chi connectivity index (χ1) is 12.3. The third-order valence-electron chi connectivity index (χ3n) is 4.72. The Bertz CT molecular complexity index is 738. The number of nitrogens with one attached hydrogen (secondary N) is 1. The number of rotatable bonds is 7. The van der Waals surface area contributed by atoms with E-state index in [2.05, 4.69) is 10.2 Å². The van der Waals surface area contributed by atoms with Crippen molar-refractivity contribution in [2.45, 2.75) is 24.2 Å². The van der Waals surface area contributed by atoms with E-state index in [1.807, 2.05) is 7.05 Å². The van der Waals surface area contributed by atoms with E-state index < -0.39 is 10.0 Å². The molecule has 1 aromatic carbocycles. The van der Waals surface area contributed by atoms with Crippen LogP contribution < -0.4 is 10.2 Å². The van der Waals surface area contributed by atoms with Gasteiger partial charge < -0.3 is 15.1 Å². The molecule has 0 radical (unpaired) electrons. The van der Waals surface area contributed by atoms with Gasteiger partial charge in [-0.3, -0.25) is 4.79 Å². The van der Waals surface area contributed by atoms with Crippen LogP contribution in [0.1, 0.15) is 29.6 Å². The highest BCUT2D eigenvalue weighted by atomic mass is 35.5. The SMILES string of the molecule is CNCCN(C)C(=O)c1cc(S(=O)(=O)N(C)C)ccc1N1CCCCC1.Cl.Cl. The number of hydrogen-bond donors (Lipinski definition) is 1. The number of sulfonamides is 1. The zero-order chi connectivity index (χ0) is 19.3. The van der Waals surface area contributed by atoms with E-state index in [1.165, 1.54) is 30.9 Å². The second-order valence-corrected chi connectivity index (χ2v) is 9.00. The number of likely N-dealkylation sites (N-methyl/N-ethyl adjacent to an activating group) is 2. The molecule has 0 aliphatic carbocycles. The summed E-state index contributed by atoms with van der Waals surface area (Å²) in [4.78, 5) is 17.0. The number of amides is 1. The first-order valence-electron chi connectivity index (χ1n) is 9.00. The monoisotopic (exact) mass is 454 g/mol. The van der Waals surface area contributed by atoms with Gasteiger partial charge in [0.1, 0.15) is 0 Å². The van der Waals surface area contributed by atoms with Crippen molar-refractivity contribution < 1.29 is 13.2 Å². The van der Waals surface area contributed by atoms with Gasteiger partial charge in [-0.1, -0.05) is 0 Å². The molecular formula is C18H32Cl2N4O3S. The molecule has 0 unspecified atom stereocenters. The predicted molar refractivity (Wildman–Crippen MR) is 119 cm³/mol. The lowest BCUT2D eigenvalue weighted by Crippen LogP contribution is -2.36. The molecule has 0 bridgehead atoms. The molecule has 1 aromatic rings. The van der Waals surface area contributed by atoms with E-state index in [-0.39, 0.29) is 35.6 Å². The molecule has 0 spiro atoms. The molecule has 2 rings (SSSR count). The average molecular weight is 455 g/mol. The fourth-order valence-corrected chi connectivity index (χ4v) is 3.98. The average Bonchev–Trinajstić information content (AvgIpc) is 2.65. The molecule has 1 aliphatic heterocycles. The molecule has 1 heterocycles. The zero-order valence-electron chi connectivity index (χ0n) is 17.0. The maximum atomic E-state index is 13.0. The number of nitrogens with zero attached hydrogens (tertiary/aromatic N) is 3. The van der Waals surface area contributed by atoms with Gasteiger partial charge in [0.15, 0.2) is 0 Å². The largest absolute Gasteiger partial charge is 0.371 e. The third-order valence-corrected chi connectivity index (χ3v) is 6.53. The smallest absolute Gasteiger partial charge is 0.255 e. The molecule has 1 amide bonds. The Kier molecular flexibility index (Phi) is 11.4. The molecule has 1 saturated heterocycles. The van der Waals surface area contributed by atoms with Crippen molar-refractivity contribution in [1.29, 1.82) is 0 Å². The van der Waals surface area contributed by atoms with Gasteiger partial charge in [0, 0.05) is 53.0 Å². The van der Waals surface area contributed by atoms with Crippen molar-refractivity contribution in [2.24, 2.45) is 0 Å². The Labute approximate surface area is 181 Å². The summed E-state index contributed by atoms with van der Waals surface area (Å²) in [7, 11) is 2.98. The molecule has 0 saturated carbocycles. The van der Waals surface area contributed by atoms with Crippen LogP contribution in [0.25, 0.3) is 0 Å². The minimum absolute atomic E-state index is 0. The first-order valence-corrected chi connectivity index (χ1v) is 10.4. The molecule has 7 nitrogen and oxygen atoms in total. The molecule has 0 atom stereocenters. The number of piperidine rings is 1. The Hall–Kier alpha value is -1.06. The van der Waals surface area contributed by atoms with Gasteiger partial charge in [-0.05, 0) is 44.5 Å². The lowest BCUT2D eigenvalue weighted by atomic mass is 10.1. The summed E-state index contributed by atoms with van der Waals surface area (Å²) in [6, 6.07) is 4.90. The highest BCUT2D eigenvalue weighted by Gasteiger charge is 2.25. The Morgan fingerprint density at radius 3 is 2.25 bits per heavy atom. The molecule has 162 valence electrons. The highest BCUT2D eigenvalue weighted by Crippen LogP contribution is 2.28. The molecule has 0 aromatic heterocycles. The lowest BCUT2D eigenvalue weighted by molar-refractivity contribution is 0.0797. The van der Waals surface area contributed by atoms with Crippen LogP contribution in [0.2, 0.25) is 0 Å².